The lowest BCUT2D eigenvalue weighted by Crippen LogP contribution is -2.50. The summed E-state index contributed by atoms with van der Waals surface area (Å²) in [6.45, 7) is 0. The molecule has 0 unspecified atom stereocenters. The number of hydrazine groups is 1. The molecule has 2 saturated heterocycles. The molecule has 118 valence electrons. The molecule has 2 fully saturated rings. The summed E-state index contributed by atoms with van der Waals surface area (Å²) < 4.78 is 10.6. The lowest BCUT2D eigenvalue weighted by molar-refractivity contribution is 0.0241. The number of fused-ring (bicyclic) bond motifs is 2. The minimum atomic E-state index is -0.635. The Morgan fingerprint density at radius 2 is 1.77 bits per heavy atom. The maximum atomic E-state index is 12.4. The molecule has 2 aliphatic heterocycles. The van der Waals surface area contributed by atoms with E-state index in [1.807, 2.05) is 23.6 Å². The van der Waals surface area contributed by atoms with Gasteiger partial charge in [-0.3, -0.25) is 5.43 Å². The largest absolute Gasteiger partial charge is 0.445 e. The average molecular weight is 305 g/mol. The minimum absolute atomic E-state index is 0.0468. The standard InChI is InChI=1S/C15H19N3O4/c16-17-14(19)21-13-8-10-6-7-11(9-13)18(10)15(20)22-12-4-2-1-3-5-12/h1-5,10-11,13H,6-9,16H2,(H,17,19)/t10-,11-/m1/s1. The highest BCUT2D eigenvalue weighted by Gasteiger charge is 2.45. The molecule has 2 bridgehead atoms. The molecule has 2 heterocycles. The van der Waals surface area contributed by atoms with Gasteiger partial charge in [0.2, 0.25) is 0 Å². The molecule has 0 aromatic heterocycles. The molecule has 7 heteroatoms. The molecule has 3 rings (SSSR count). The molecule has 0 saturated carbocycles. The van der Waals surface area contributed by atoms with E-state index in [1.165, 1.54) is 0 Å². The lowest BCUT2D eigenvalue weighted by atomic mass is 10.0. The Kier molecular flexibility index (Phi) is 4.15. The number of nitrogens with zero attached hydrogens (tertiary/aromatic N) is 1. The molecule has 3 N–H and O–H groups in total. The first kappa shape index (κ1) is 14.6. The third-order valence-electron chi connectivity index (χ3n) is 4.24. The SMILES string of the molecule is NNC(=O)OC1C[C@H]2CC[C@H](C1)N2C(=O)Oc1ccccc1. The third-order valence-corrected chi connectivity index (χ3v) is 4.24. The Bertz CT molecular complexity index is 537. The molecule has 2 atom stereocenters. The number of para-hydroxylation sites is 1. The Hall–Kier alpha value is -2.28. The number of ether oxygens (including phenoxy) is 2. The molecular formula is C15H19N3O4. The fourth-order valence-corrected chi connectivity index (χ4v) is 3.35. The van der Waals surface area contributed by atoms with Crippen molar-refractivity contribution in [2.24, 2.45) is 5.84 Å². The van der Waals surface area contributed by atoms with Crippen LogP contribution in [0.25, 0.3) is 0 Å². The van der Waals surface area contributed by atoms with E-state index in [4.69, 9.17) is 15.3 Å². The first-order valence-electron chi connectivity index (χ1n) is 7.40. The Morgan fingerprint density at radius 1 is 1.14 bits per heavy atom. The number of hydrogen-bond donors (Lipinski definition) is 2. The highest BCUT2D eigenvalue weighted by Crippen LogP contribution is 2.37. The zero-order valence-electron chi connectivity index (χ0n) is 12.1. The molecular weight excluding hydrogens is 286 g/mol. The predicted molar refractivity (Wildman–Crippen MR) is 77.9 cm³/mol. The fourth-order valence-electron chi connectivity index (χ4n) is 3.35. The maximum absolute atomic E-state index is 12.4. The zero-order valence-corrected chi connectivity index (χ0v) is 12.1. The Morgan fingerprint density at radius 3 is 2.36 bits per heavy atom. The van der Waals surface area contributed by atoms with E-state index < -0.39 is 6.09 Å². The normalized spacial score (nSPS) is 26.4. The number of benzene rings is 1. The summed E-state index contributed by atoms with van der Waals surface area (Å²) in [5.41, 5.74) is 1.96. The van der Waals surface area contributed by atoms with Crippen molar-refractivity contribution < 1.29 is 19.1 Å². The van der Waals surface area contributed by atoms with E-state index in [0.717, 1.165) is 12.8 Å². The average Bonchev–Trinajstić information content (AvgIpc) is 2.80. The first-order chi connectivity index (χ1) is 10.7. The number of nitrogens with one attached hydrogen (secondary N) is 1. The van der Waals surface area contributed by atoms with Crippen LogP contribution in [0.2, 0.25) is 0 Å². The summed E-state index contributed by atoms with van der Waals surface area (Å²) in [6, 6.07) is 9.11. The summed E-state index contributed by atoms with van der Waals surface area (Å²) in [5, 5.41) is 0. The van der Waals surface area contributed by atoms with Crippen LogP contribution >= 0.6 is 0 Å². The van der Waals surface area contributed by atoms with Gasteiger partial charge in [0, 0.05) is 24.9 Å². The molecule has 0 radical (unpaired) electrons. The molecule has 2 amide bonds. The monoisotopic (exact) mass is 305 g/mol. The molecule has 2 aliphatic rings. The number of carbonyl (C=O) groups is 2. The predicted octanol–water partition coefficient (Wildman–Crippen LogP) is 1.78. The third kappa shape index (κ3) is 2.99. The van der Waals surface area contributed by atoms with E-state index in [2.05, 4.69) is 0 Å². The number of nitrogens with two attached hydrogens (primary N) is 1. The van der Waals surface area contributed by atoms with Gasteiger partial charge in [-0.1, -0.05) is 18.2 Å². The van der Waals surface area contributed by atoms with Crippen molar-refractivity contribution >= 4 is 12.2 Å². The lowest BCUT2D eigenvalue weighted by Gasteiger charge is -2.37. The van der Waals surface area contributed by atoms with Gasteiger partial charge in [0.1, 0.15) is 11.9 Å². The van der Waals surface area contributed by atoms with Crippen LogP contribution in [0.5, 0.6) is 5.75 Å². The van der Waals surface area contributed by atoms with Gasteiger partial charge in [0.05, 0.1) is 0 Å². The van der Waals surface area contributed by atoms with Crippen molar-refractivity contribution in [3.05, 3.63) is 30.3 Å². The van der Waals surface area contributed by atoms with Gasteiger partial charge in [-0.05, 0) is 25.0 Å². The molecule has 1 aromatic carbocycles. The van der Waals surface area contributed by atoms with E-state index in [1.54, 1.807) is 17.0 Å². The molecule has 1 aromatic rings. The Labute approximate surface area is 128 Å². The second kappa shape index (κ2) is 6.23. The second-order valence-corrected chi connectivity index (χ2v) is 5.62. The molecule has 22 heavy (non-hydrogen) atoms. The van der Waals surface area contributed by atoms with E-state index in [0.29, 0.717) is 18.6 Å². The van der Waals surface area contributed by atoms with Crippen LogP contribution in [0.4, 0.5) is 9.59 Å². The minimum Gasteiger partial charge on any atom is -0.445 e. The summed E-state index contributed by atoms with van der Waals surface area (Å²) >= 11 is 0. The summed E-state index contributed by atoms with van der Waals surface area (Å²) in [5.74, 6) is 5.56. The molecule has 0 aliphatic carbocycles. The molecule has 7 nitrogen and oxygen atoms in total. The van der Waals surface area contributed by atoms with E-state index in [-0.39, 0.29) is 24.3 Å². The van der Waals surface area contributed by atoms with Crippen LogP contribution in [-0.2, 0) is 4.74 Å². The second-order valence-electron chi connectivity index (χ2n) is 5.62. The highest BCUT2D eigenvalue weighted by molar-refractivity contribution is 5.72. The number of carbonyl (C=O) groups excluding carboxylic acids is 2. The smallest absolute Gasteiger partial charge is 0.421 e. The van der Waals surface area contributed by atoms with Gasteiger partial charge < -0.3 is 14.4 Å². The van der Waals surface area contributed by atoms with Gasteiger partial charge >= 0.3 is 12.2 Å². The summed E-state index contributed by atoms with van der Waals surface area (Å²) in [7, 11) is 0. The van der Waals surface area contributed by atoms with E-state index >= 15 is 0 Å². The van der Waals surface area contributed by atoms with Gasteiger partial charge in [-0.15, -0.1) is 0 Å². The van der Waals surface area contributed by atoms with Crippen molar-refractivity contribution in [2.45, 2.75) is 43.9 Å². The number of piperidine rings is 1. The van der Waals surface area contributed by atoms with Crippen molar-refractivity contribution in [1.29, 1.82) is 0 Å². The molecule has 0 spiro atoms. The fraction of sp³-hybridized carbons (Fsp3) is 0.467. The van der Waals surface area contributed by atoms with Crippen molar-refractivity contribution in [2.75, 3.05) is 0 Å². The first-order valence-corrected chi connectivity index (χ1v) is 7.40. The van der Waals surface area contributed by atoms with Crippen LogP contribution in [0.15, 0.2) is 30.3 Å². The van der Waals surface area contributed by atoms with Crippen LogP contribution < -0.4 is 16.0 Å². The van der Waals surface area contributed by atoms with E-state index in [9.17, 15) is 9.59 Å². The highest BCUT2D eigenvalue weighted by atomic mass is 16.6. The van der Waals surface area contributed by atoms with Crippen LogP contribution in [0, 0.1) is 0 Å². The van der Waals surface area contributed by atoms with Crippen LogP contribution in [0.3, 0.4) is 0 Å². The van der Waals surface area contributed by atoms with Gasteiger partial charge in [-0.2, -0.15) is 0 Å². The quantitative estimate of drug-likeness (QED) is 0.493. The number of rotatable bonds is 2. The number of amides is 2. The van der Waals surface area contributed by atoms with Crippen molar-refractivity contribution in [3.63, 3.8) is 0 Å². The van der Waals surface area contributed by atoms with Crippen molar-refractivity contribution in [3.8, 4) is 5.75 Å². The van der Waals surface area contributed by atoms with Gasteiger partial charge in [0.15, 0.2) is 0 Å². The van der Waals surface area contributed by atoms with Crippen LogP contribution in [0.1, 0.15) is 25.7 Å². The van der Waals surface area contributed by atoms with Gasteiger partial charge in [0.25, 0.3) is 0 Å². The van der Waals surface area contributed by atoms with Gasteiger partial charge in [-0.25, -0.2) is 15.4 Å². The Balaban J connectivity index is 1.62. The van der Waals surface area contributed by atoms with Crippen molar-refractivity contribution in [1.82, 2.24) is 10.3 Å². The number of hydrogen-bond acceptors (Lipinski definition) is 5. The summed E-state index contributed by atoms with van der Waals surface area (Å²) in [4.78, 5) is 25.4. The topological polar surface area (TPSA) is 93.9 Å². The maximum Gasteiger partial charge on any atom is 0.421 e. The summed E-state index contributed by atoms with van der Waals surface area (Å²) in [6.07, 6.45) is 1.87. The zero-order chi connectivity index (χ0) is 15.5. The van der Waals surface area contributed by atoms with Crippen LogP contribution in [-0.4, -0.2) is 35.3 Å².